The van der Waals surface area contributed by atoms with Crippen molar-refractivity contribution < 1.29 is 38.0 Å². The van der Waals surface area contributed by atoms with Crippen LogP contribution in [0.2, 0.25) is 0 Å². The number of hydrogen-bond acceptors (Lipinski definition) is 8. The first-order valence-corrected chi connectivity index (χ1v) is 26.5. The third-order valence-corrected chi connectivity index (χ3v) is 12.3. The van der Waals surface area contributed by atoms with Crippen LogP contribution >= 0.6 is 0 Å². The van der Waals surface area contributed by atoms with Gasteiger partial charge in [0.25, 0.3) is 0 Å². The Morgan fingerprint density at radius 1 is 0.333 bits per heavy atom. The molecule has 4 rings (SSSR count). The number of esters is 1. The van der Waals surface area contributed by atoms with E-state index in [1.165, 1.54) is 64.2 Å². The number of fused-ring (bicyclic) bond motifs is 6. The highest BCUT2D eigenvalue weighted by Crippen LogP contribution is 2.47. The van der Waals surface area contributed by atoms with Crippen LogP contribution in [0.1, 0.15) is 196 Å². The first kappa shape index (κ1) is 54.3. The van der Waals surface area contributed by atoms with E-state index in [2.05, 4.69) is 77.6 Å². The SMILES string of the molecule is C=C(C)C(=O)OCCCCCCOc1cc2c3cc(OCCCCCC)c(OCCCCCC)cc3c3cc(OCCCCCC)c(OCCCCCC)cc3c2cc1OCCCCCC. The van der Waals surface area contributed by atoms with Crippen LogP contribution < -0.4 is 28.4 Å². The molecule has 4 aromatic carbocycles. The summed E-state index contributed by atoms with van der Waals surface area (Å²) in [5, 5.41) is 6.46. The summed E-state index contributed by atoms with van der Waals surface area (Å²) in [5.74, 6) is 4.30. The van der Waals surface area contributed by atoms with E-state index in [4.69, 9.17) is 33.2 Å². The standard InChI is InChI=1S/C58H88O8/c1-8-13-18-25-32-60-52-39-46-47-40-53(61-33-26-19-14-9-2)55(63-35-28-21-16-11-4)42-49(47)51-44-57(65-37-30-23-24-31-38-66-58(59)45(6)7)56(64-36-29-22-17-12-5)43-50(51)48(46)41-54(52)62-34-27-20-15-10-3/h39-44H,6,8-38H2,1-5,7H3. The van der Waals surface area contributed by atoms with Gasteiger partial charge in [-0.1, -0.05) is 138 Å². The highest BCUT2D eigenvalue weighted by Gasteiger charge is 2.21. The molecule has 0 fully saturated rings. The van der Waals surface area contributed by atoms with Crippen molar-refractivity contribution in [3.63, 3.8) is 0 Å². The van der Waals surface area contributed by atoms with Crippen LogP contribution in [0.15, 0.2) is 48.6 Å². The Balaban J connectivity index is 1.87. The molecule has 0 bridgehead atoms. The molecule has 0 aromatic heterocycles. The summed E-state index contributed by atoms with van der Waals surface area (Å²) in [6.07, 6.45) is 26.1. The highest BCUT2D eigenvalue weighted by molar-refractivity contribution is 6.26. The minimum atomic E-state index is -0.327. The van der Waals surface area contributed by atoms with Gasteiger partial charge in [0.2, 0.25) is 0 Å². The van der Waals surface area contributed by atoms with E-state index in [1.807, 2.05) is 0 Å². The van der Waals surface area contributed by atoms with Gasteiger partial charge < -0.3 is 33.2 Å². The van der Waals surface area contributed by atoms with Crippen molar-refractivity contribution in [2.45, 2.75) is 196 Å². The lowest BCUT2D eigenvalue weighted by Gasteiger charge is -2.21. The largest absolute Gasteiger partial charge is 0.490 e. The van der Waals surface area contributed by atoms with Gasteiger partial charge in [0.05, 0.1) is 46.2 Å². The molecule has 0 N–H and O–H groups in total. The van der Waals surface area contributed by atoms with Gasteiger partial charge in [-0.25, -0.2) is 4.79 Å². The maximum atomic E-state index is 11.8. The van der Waals surface area contributed by atoms with E-state index in [-0.39, 0.29) is 5.97 Å². The third kappa shape index (κ3) is 18.4. The second-order valence-electron chi connectivity index (χ2n) is 18.3. The molecule has 0 unspecified atom stereocenters. The summed E-state index contributed by atoms with van der Waals surface area (Å²) < 4.78 is 45.3. The molecule has 8 heteroatoms. The molecular formula is C58H88O8. The summed E-state index contributed by atoms with van der Waals surface area (Å²) in [6.45, 7) is 20.7. The predicted octanol–water partition coefficient (Wildman–Crippen LogP) is 17.0. The number of rotatable bonds is 39. The molecule has 66 heavy (non-hydrogen) atoms. The molecule has 8 nitrogen and oxygen atoms in total. The van der Waals surface area contributed by atoms with Crippen LogP contribution in [-0.4, -0.2) is 52.2 Å². The maximum Gasteiger partial charge on any atom is 0.333 e. The Bertz CT molecular complexity index is 1950. The summed E-state index contributed by atoms with van der Waals surface area (Å²) >= 11 is 0. The van der Waals surface area contributed by atoms with Crippen molar-refractivity contribution in [2.24, 2.45) is 0 Å². The number of ether oxygens (including phenoxy) is 7. The Morgan fingerprint density at radius 3 is 0.727 bits per heavy atom. The van der Waals surface area contributed by atoms with Crippen LogP contribution in [0.3, 0.4) is 0 Å². The Kier molecular flexibility index (Phi) is 26.6. The summed E-state index contributed by atoms with van der Waals surface area (Å²) in [6, 6.07) is 13.2. The van der Waals surface area contributed by atoms with Gasteiger partial charge in [-0.2, -0.15) is 0 Å². The Labute approximate surface area is 399 Å². The maximum absolute atomic E-state index is 11.8. The zero-order valence-corrected chi connectivity index (χ0v) is 42.4. The average Bonchev–Trinajstić information content (AvgIpc) is 3.32. The molecule has 0 saturated heterocycles. The van der Waals surface area contributed by atoms with Gasteiger partial charge in [0.1, 0.15) is 0 Å². The van der Waals surface area contributed by atoms with E-state index in [9.17, 15) is 4.79 Å². The molecule has 0 aliphatic heterocycles. The van der Waals surface area contributed by atoms with Crippen molar-refractivity contribution in [1.82, 2.24) is 0 Å². The monoisotopic (exact) mass is 913 g/mol. The number of hydrogen-bond donors (Lipinski definition) is 0. The summed E-state index contributed by atoms with van der Waals surface area (Å²) in [7, 11) is 0. The lowest BCUT2D eigenvalue weighted by Crippen LogP contribution is -2.06. The minimum absolute atomic E-state index is 0.327. The van der Waals surface area contributed by atoms with E-state index in [0.29, 0.717) is 51.8 Å². The second kappa shape index (κ2) is 32.4. The molecule has 0 aliphatic carbocycles. The average molecular weight is 913 g/mol. The van der Waals surface area contributed by atoms with Gasteiger partial charge in [-0.15, -0.1) is 0 Å². The van der Waals surface area contributed by atoms with E-state index in [1.54, 1.807) is 6.92 Å². The fourth-order valence-corrected chi connectivity index (χ4v) is 8.28. The van der Waals surface area contributed by atoms with Crippen molar-refractivity contribution in [3.8, 4) is 34.5 Å². The van der Waals surface area contributed by atoms with Crippen molar-refractivity contribution >= 4 is 38.3 Å². The Hall–Kier alpha value is -4.33. The van der Waals surface area contributed by atoms with Crippen LogP contribution in [0.25, 0.3) is 32.3 Å². The predicted molar refractivity (Wildman–Crippen MR) is 277 cm³/mol. The molecular weight excluding hydrogens is 825 g/mol. The van der Waals surface area contributed by atoms with E-state index >= 15 is 0 Å². The van der Waals surface area contributed by atoms with Gasteiger partial charge >= 0.3 is 5.97 Å². The zero-order chi connectivity index (χ0) is 47.2. The molecule has 4 aromatic rings. The van der Waals surface area contributed by atoms with Crippen LogP contribution in [0, 0.1) is 0 Å². The number of carbonyl (C=O) groups excluding carboxylic acids is 1. The first-order valence-electron chi connectivity index (χ1n) is 26.5. The molecule has 0 radical (unpaired) electrons. The van der Waals surface area contributed by atoms with Crippen LogP contribution in [-0.2, 0) is 9.53 Å². The van der Waals surface area contributed by atoms with E-state index < -0.39 is 0 Å². The molecule has 368 valence electrons. The lowest BCUT2D eigenvalue weighted by atomic mass is 9.93. The highest BCUT2D eigenvalue weighted by atomic mass is 16.5. The van der Waals surface area contributed by atoms with Crippen molar-refractivity contribution in [3.05, 3.63) is 48.6 Å². The topological polar surface area (TPSA) is 81.7 Å². The minimum Gasteiger partial charge on any atom is -0.490 e. The fraction of sp³-hybridized carbons (Fsp3) is 0.638. The van der Waals surface area contributed by atoms with Crippen LogP contribution in [0.5, 0.6) is 34.5 Å². The molecule has 0 heterocycles. The lowest BCUT2D eigenvalue weighted by molar-refractivity contribution is -0.139. The zero-order valence-electron chi connectivity index (χ0n) is 42.4. The second-order valence-corrected chi connectivity index (χ2v) is 18.3. The van der Waals surface area contributed by atoms with Crippen LogP contribution in [0.4, 0.5) is 0 Å². The fourth-order valence-electron chi connectivity index (χ4n) is 8.28. The number of unbranched alkanes of at least 4 members (excludes halogenated alkanes) is 18. The smallest absolute Gasteiger partial charge is 0.333 e. The number of carbonyl (C=O) groups is 1. The normalized spacial score (nSPS) is 11.4. The molecule has 0 atom stereocenters. The van der Waals surface area contributed by atoms with Gasteiger partial charge in [-0.05, 0) is 133 Å². The Morgan fingerprint density at radius 2 is 0.530 bits per heavy atom. The van der Waals surface area contributed by atoms with Gasteiger partial charge in [0, 0.05) is 5.57 Å². The molecule has 0 amide bonds. The van der Waals surface area contributed by atoms with Crippen molar-refractivity contribution in [1.29, 1.82) is 0 Å². The number of benzene rings is 4. The molecule has 0 saturated carbocycles. The van der Waals surface area contributed by atoms with Gasteiger partial charge in [-0.3, -0.25) is 0 Å². The summed E-state index contributed by atoms with van der Waals surface area (Å²) in [4.78, 5) is 11.8. The van der Waals surface area contributed by atoms with E-state index in [0.717, 1.165) is 157 Å². The molecule has 0 aliphatic rings. The van der Waals surface area contributed by atoms with Crippen molar-refractivity contribution in [2.75, 3.05) is 46.2 Å². The third-order valence-electron chi connectivity index (χ3n) is 12.3. The quantitative estimate of drug-likeness (QED) is 0.0190. The van der Waals surface area contributed by atoms with Gasteiger partial charge in [0.15, 0.2) is 34.5 Å². The molecule has 0 spiro atoms. The first-order chi connectivity index (χ1) is 32.4. The summed E-state index contributed by atoms with van der Waals surface area (Å²) in [5.41, 5.74) is 0.430.